The van der Waals surface area contributed by atoms with Gasteiger partial charge in [-0.3, -0.25) is 0 Å². The molecular weight excluding hydrogens is 206 g/mol. The maximum atomic E-state index is 11.5. The predicted molar refractivity (Wildman–Crippen MR) is 62.7 cm³/mol. The molecule has 0 fully saturated rings. The molecule has 2 amide bonds. The molecule has 0 spiro atoms. The molecule has 0 aliphatic rings. The number of hydrogen-bond acceptors (Lipinski definition) is 3. The monoisotopic (exact) mass is 223 g/mol. The molecular formula is C11H17N3O2. The predicted octanol–water partition coefficient (Wildman–Crippen LogP) is 2.01. The number of amides is 2. The molecule has 5 heteroatoms. The summed E-state index contributed by atoms with van der Waals surface area (Å²) in [6.07, 6.45) is 2.49. The lowest BCUT2D eigenvalue weighted by atomic mass is 10.3. The topological polar surface area (TPSA) is 63.2 Å². The highest BCUT2D eigenvalue weighted by Crippen LogP contribution is 2.19. The van der Waals surface area contributed by atoms with Gasteiger partial charge in [-0.15, -0.1) is 0 Å². The molecule has 0 aliphatic carbocycles. The third-order valence-corrected chi connectivity index (χ3v) is 2.20. The van der Waals surface area contributed by atoms with E-state index in [9.17, 15) is 4.79 Å². The van der Waals surface area contributed by atoms with Crippen LogP contribution >= 0.6 is 0 Å². The number of nitrogens with zero attached hydrogens (tertiary/aromatic N) is 1. The number of rotatable bonds is 4. The smallest absolute Gasteiger partial charge is 0.319 e. The summed E-state index contributed by atoms with van der Waals surface area (Å²) in [5.74, 6) is 0.404. The normalized spacial score (nSPS) is 11.7. The Bertz CT molecular complexity index is 355. The number of anilines is 1. The maximum absolute atomic E-state index is 11.5. The first-order valence-electron chi connectivity index (χ1n) is 5.24. The summed E-state index contributed by atoms with van der Waals surface area (Å²) in [5, 5.41) is 5.49. The highest BCUT2D eigenvalue weighted by molar-refractivity contribution is 5.90. The van der Waals surface area contributed by atoms with Crippen LogP contribution in [0.3, 0.4) is 0 Å². The number of aromatic nitrogens is 1. The molecule has 1 heterocycles. The van der Waals surface area contributed by atoms with Crippen molar-refractivity contribution in [1.82, 2.24) is 10.3 Å². The third kappa shape index (κ3) is 3.42. The zero-order valence-electron chi connectivity index (χ0n) is 9.78. The van der Waals surface area contributed by atoms with Crippen molar-refractivity contribution < 1.29 is 9.53 Å². The Morgan fingerprint density at radius 3 is 3.00 bits per heavy atom. The van der Waals surface area contributed by atoms with Crippen LogP contribution in [-0.2, 0) is 0 Å². The number of methoxy groups -OCH3 is 1. The molecule has 0 saturated carbocycles. The van der Waals surface area contributed by atoms with Gasteiger partial charge in [-0.25, -0.2) is 9.78 Å². The molecule has 0 unspecified atom stereocenters. The fraction of sp³-hybridized carbons (Fsp3) is 0.455. The van der Waals surface area contributed by atoms with Crippen LogP contribution in [0.5, 0.6) is 5.88 Å². The molecule has 1 atom stereocenters. The second-order valence-corrected chi connectivity index (χ2v) is 3.47. The molecule has 1 aromatic rings. The molecule has 0 aliphatic heterocycles. The molecule has 0 bridgehead atoms. The van der Waals surface area contributed by atoms with Gasteiger partial charge in [-0.2, -0.15) is 0 Å². The number of ether oxygens (including phenoxy) is 1. The van der Waals surface area contributed by atoms with Crippen molar-refractivity contribution in [2.45, 2.75) is 26.3 Å². The van der Waals surface area contributed by atoms with Crippen molar-refractivity contribution >= 4 is 11.7 Å². The molecule has 88 valence electrons. The average Bonchev–Trinajstić information content (AvgIpc) is 2.29. The van der Waals surface area contributed by atoms with Gasteiger partial charge in [0.1, 0.15) is 5.69 Å². The van der Waals surface area contributed by atoms with Crippen molar-refractivity contribution in [1.29, 1.82) is 0 Å². The number of nitrogens with one attached hydrogen (secondary N) is 2. The van der Waals surface area contributed by atoms with Crippen molar-refractivity contribution in [2.24, 2.45) is 0 Å². The molecule has 0 radical (unpaired) electrons. The van der Waals surface area contributed by atoms with Crippen LogP contribution in [0, 0.1) is 0 Å². The first-order valence-corrected chi connectivity index (χ1v) is 5.24. The SMILES string of the molecule is CC[C@H](C)NC(=O)Nc1cccnc1OC. The van der Waals surface area contributed by atoms with Crippen LogP contribution in [0.25, 0.3) is 0 Å². The summed E-state index contributed by atoms with van der Waals surface area (Å²) in [6.45, 7) is 3.95. The fourth-order valence-corrected chi connectivity index (χ4v) is 1.13. The second-order valence-electron chi connectivity index (χ2n) is 3.47. The third-order valence-electron chi connectivity index (χ3n) is 2.20. The molecule has 2 N–H and O–H groups in total. The summed E-state index contributed by atoms with van der Waals surface area (Å²) < 4.78 is 5.02. The minimum absolute atomic E-state index is 0.141. The fourth-order valence-electron chi connectivity index (χ4n) is 1.13. The summed E-state index contributed by atoms with van der Waals surface area (Å²) in [5.41, 5.74) is 0.561. The van der Waals surface area contributed by atoms with Crippen molar-refractivity contribution in [3.63, 3.8) is 0 Å². The van der Waals surface area contributed by atoms with Crippen LogP contribution < -0.4 is 15.4 Å². The average molecular weight is 223 g/mol. The van der Waals surface area contributed by atoms with E-state index in [1.165, 1.54) is 7.11 Å². The van der Waals surface area contributed by atoms with E-state index < -0.39 is 0 Å². The van der Waals surface area contributed by atoms with Crippen molar-refractivity contribution in [3.8, 4) is 5.88 Å². The van der Waals surface area contributed by atoms with Gasteiger partial charge < -0.3 is 15.4 Å². The van der Waals surface area contributed by atoms with Gasteiger partial charge in [0.25, 0.3) is 0 Å². The lowest BCUT2D eigenvalue weighted by Crippen LogP contribution is -2.35. The van der Waals surface area contributed by atoms with E-state index in [1.807, 2.05) is 13.8 Å². The zero-order valence-corrected chi connectivity index (χ0v) is 9.78. The quantitative estimate of drug-likeness (QED) is 0.820. The number of urea groups is 1. The van der Waals surface area contributed by atoms with E-state index in [0.29, 0.717) is 11.6 Å². The minimum Gasteiger partial charge on any atom is -0.480 e. The van der Waals surface area contributed by atoms with Crippen LogP contribution in [0.2, 0.25) is 0 Å². The maximum Gasteiger partial charge on any atom is 0.319 e. The largest absolute Gasteiger partial charge is 0.480 e. The molecule has 1 rings (SSSR count). The summed E-state index contributed by atoms with van der Waals surface area (Å²) in [7, 11) is 1.51. The number of carbonyl (C=O) groups excluding carboxylic acids is 1. The van der Waals surface area contributed by atoms with Crippen molar-refractivity contribution in [3.05, 3.63) is 18.3 Å². The van der Waals surface area contributed by atoms with Gasteiger partial charge in [0.15, 0.2) is 0 Å². The van der Waals surface area contributed by atoms with E-state index in [1.54, 1.807) is 18.3 Å². The highest BCUT2D eigenvalue weighted by atomic mass is 16.5. The van der Waals surface area contributed by atoms with Crippen molar-refractivity contribution in [2.75, 3.05) is 12.4 Å². The molecule has 16 heavy (non-hydrogen) atoms. The summed E-state index contributed by atoms with van der Waals surface area (Å²) in [6, 6.07) is 3.37. The van der Waals surface area contributed by atoms with E-state index in [-0.39, 0.29) is 12.1 Å². The second kappa shape index (κ2) is 5.95. The lowest BCUT2D eigenvalue weighted by Gasteiger charge is -2.13. The van der Waals surface area contributed by atoms with Crippen LogP contribution in [-0.4, -0.2) is 24.2 Å². The Balaban J connectivity index is 2.62. The number of carbonyl (C=O) groups is 1. The molecule has 1 aromatic heterocycles. The first-order chi connectivity index (χ1) is 7.67. The zero-order chi connectivity index (χ0) is 12.0. The Kier molecular flexibility index (Phi) is 4.57. The summed E-state index contributed by atoms with van der Waals surface area (Å²) >= 11 is 0. The van der Waals surface area contributed by atoms with Gasteiger partial charge >= 0.3 is 6.03 Å². The van der Waals surface area contributed by atoms with E-state index in [4.69, 9.17) is 4.74 Å². The molecule has 5 nitrogen and oxygen atoms in total. The van der Waals surface area contributed by atoms with Crippen LogP contribution in [0.4, 0.5) is 10.5 Å². The van der Waals surface area contributed by atoms with Gasteiger partial charge in [0, 0.05) is 12.2 Å². The summed E-state index contributed by atoms with van der Waals surface area (Å²) in [4.78, 5) is 15.5. The Morgan fingerprint density at radius 1 is 1.62 bits per heavy atom. The van der Waals surface area contributed by atoms with Crippen LogP contribution in [0.15, 0.2) is 18.3 Å². The minimum atomic E-state index is -0.249. The highest BCUT2D eigenvalue weighted by Gasteiger charge is 2.09. The molecule has 0 saturated heterocycles. The Labute approximate surface area is 95.2 Å². The van der Waals surface area contributed by atoms with E-state index in [2.05, 4.69) is 15.6 Å². The van der Waals surface area contributed by atoms with E-state index in [0.717, 1.165) is 6.42 Å². The lowest BCUT2D eigenvalue weighted by molar-refractivity contribution is 0.249. The molecule has 0 aromatic carbocycles. The number of pyridine rings is 1. The van der Waals surface area contributed by atoms with Gasteiger partial charge in [0.2, 0.25) is 5.88 Å². The van der Waals surface area contributed by atoms with Gasteiger partial charge in [-0.1, -0.05) is 6.92 Å². The van der Waals surface area contributed by atoms with Gasteiger partial charge in [0.05, 0.1) is 7.11 Å². The van der Waals surface area contributed by atoms with Gasteiger partial charge in [-0.05, 0) is 25.5 Å². The first kappa shape index (κ1) is 12.3. The van der Waals surface area contributed by atoms with Crippen LogP contribution in [0.1, 0.15) is 20.3 Å². The standard InChI is InChI=1S/C11H17N3O2/c1-4-8(2)13-11(15)14-9-6-5-7-12-10(9)16-3/h5-8H,4H2,1-3H3,(H2,13,14,15)/t8-/m0/s1. The Morgan fingerprint density at radius 2 is 2.38 bits per heavy atom. The Hall–Kier alpha value is -1.78. The van der Waals surface area contributed by atoms with E-state index >= 15 is 0 Å². The number of hydrogen-bond donors (Lipinski definition) is 2.